The number of hydrogen-bond acceptors (Lipinski definition) is 5. The van der Waals surface area contributed by atoms with E-state index in [0.29, 0.717) is 5.69 Å². The average molecular weight is 323 g/mol. The van der Waals surface area contributed by atoms with E-state index in [4.69, 9.17) is 4.74 Å². The summed E-state index contributed by atoms with van der Waals surface area (Å²) >= 11 is 1.51. The molecule has 0 spiro atoms. The molecule has 0 aliphatic rings. The highest BCUT2D eigenvalue weighted by molar-refractivity contribution is 7.15. The smallest absolute Gasteiger partial charge is 0.331 e. The van der Waals surface area contributed by atoms with Crippen molar-refractivity contribution >= 4 is 28.2 Å². The van der Waals surface area contributed by atoms with E-state index >= 15 is 0 Å². The van der Waals surface area contributed by atoms with E-state index in [9.17, 15) is 9.59 Å². The molecule has 0 aromatic carbocycles. The van der Waals surface area contributed by atoms with Crippen LogP contribution in [0.1, 0.15) is 33.4 Å². The van der Waals surface area contributed by atoms with Gasteiger partial charge in [0.25, 0.3) is 0 Å². The minimum atomic E-state index is -1.04. The highest BCUT2D eigenvalue weighted by Gasteiger charge is 2.39. The summed E-state index contributed by atoms with van der Waals surface area (Å²) in [7, 11) is 0. The molecule has 7 heteroatoms. The van der Waals surface area contributed by atoms with Gasteiger partial charge in [0.2, 0.25) is 5.91 Å². The predicted molar refractivity (Wildman–Crippen MR) is 84.8 cm³/mol. The van der Waals surface area contributed by atoms with Crippen LogP contribution in [-0.2, 0) is 20.7 Å². The van der Waals surface area contributed by atoms with Crippen LogP contribution in [0, 0.1) is 5.92 Å². The summed E-state index contributed by atoms with van der Waals surface area (Å²) in [6, 6.07) is 0. The first-order valence-electron chi connectivity index (χ1n) is 7.26. The highest BCUT2D eigenvalue weighted by atomic mass is 32.1. The van der Waals surface area contributed by atoms with Gasteiger partial charge in [-0.3, -0.25) is 9.20 Å². The third-order valence-electron chi connectivity index (χ3n) is 3.74. The molecule has 1 unspecified atom stereocenters. The molecule has 0 aliphatic carbocycles. The van der Waals surface area contributed by atoms with Crippen molar-refractivity contribution in [2.75, 3.05) is 6.61 Å². The van der Waals surface area contributed by atoms with Crippen LogP contribution in [0.15, 0.2) is 17.8 Å². The molecule has 0 fully saturated rings. The number of thiazole rings is 1. The number of ether oxygens (including phenoxy) is 1. The van der Waals surface area contributed by atoms with Gasteiger partial charge in [0.05, 0.1) is 18.7 Å². The Hall–Kier alpha value is -1.89. The molecule has 0 saturated carbocycles. The van der Waals surface area contributed by atoms with Gasteiger partial charge in [-0.25, -0.2) is 9.78 Å². The quantitative estimate of drug-likeness (QED) is 0.826. The summed E-state index contributed by atoms with van der Waals surface area (Å²) in [4.78, 5) is 29.6. The number of fused-ring (bicyclic) bond motifs is 1. The summed E-state index contributed by atoms with van der Waals surface area (Å²) < 4.78 is 6.96. The number of hydrogen-bond donors (Lipinski definition) is 1. The second-order valence-electron chi connectivity index (χ2n) is 5.63. The number of carbonyl (C=O) groups is 2. The summed E-state index contributed by atoms with van der Waals surface area (Å²) in [5, 5.41) is 4.74. The Kier molecular flexibility index (Phi) is 4.85. The zero-order valence-electron chi connectivity index (χ0n) is 13.3. The topological polar surface area (TPSA) is 72.7 Å². The van der Waals surface area contributed by atoms with E-state index in [2.05, 4.69) is 10.3 Å². The number of amides is 1. The number of nitrogens with zero attached hydrogens (tertiary/aromatic N) is 2. The van der Waals surface area contributed by atoms with Crippen LogP contribution in [-0.4, -0.2) is 33.4 Å². The lowest BCUT2D eigenvalue weighted by Crippen LogP contribution is -2.57. The van der Waals surface area contributed by atoms with Crippen LogP contribution >= 0.6 is 11.3 Å². The van der Waals surface area contributed by atoms with Crippen LogP contribution in [0.3, 0.4) is 0 Å². The molecule has 1 amide bonds. The number of aromatic nitrogens is 2. The van der Waals surface area contributed by atoms with Crippen LogP contribution in [0.4, 0.5) is 0 Å². The SMILES string of the molecule is CCOC(=O)C(C)(NC(=O)Cc1cn2ccsc2n1)C(C)C. The van der Waals surface area contributed by atoms with E-state index in [1.807, 2.05) is 36.0 Å². The van der Waals surface area contributed by atoms with Gasteiger partial charge >= 0.3 is 5.97 Å². The van der Waals surface area contributed by atoms with Crippen molar-refractivity contribution < 1.29 is 14.3 Å². The van der Waals surface area contributed by atoms with Crippen molar-refractivity contribution in [1.82, 2.24) is 14.7 Å². The Morgan fingerprint density at radius 1 is 1.50 bits per heavy atom. The molecule has 0 bridgehead atoms. The molecule has 120 valence electrons. The predicted octanol–water partition coefficient (Wildman–Crippen LogP) is 2.03. The Bertz CT molecular complexity index is 648. The van der Waals surface area contributed by atoms with E-state index in [0.717, 1.165) is 4.96 Å². The standard InChI is InChI=1S/C15H21N3O3S/c1-5-21-13(20)15(4,10(2)3)17-12(19)8-11-9-18-6-7-22-14(18)16-11/h6-7,9-10H,5,8H2,1-4H3,(H,17,19). The Labute approximate surface area is 133 Å². The zero-order valence-corrected chi connectivity index (χ0v) is 14.1. The number of carbonyl (C=O) groups excluding carboxylic acids is 2. The molecule has 2 aromatic heterocycles. The van der Waals surface area contributed by atoms with E-state index in [-0.39, 0.29) is 24.9 Å². The number of esters is 1. The van der Waals surface area contributed by atoms with Crippen molar-refractivity contribution in [3.8, 4) is 0 Å². The van der Waals surface area contributed by atoms with Crippen LogP contribution in [0.2, 0.25) is 0 Å². The molecule has 0 aliphatic heterocycles. The largest absolute Gasteiger partial charge is 0.464 e. The summed E-state index contributed by atoms with van der Waals surface area (Å²) in [5.74, 6) is -0.736. The summed E-state index contributed by atoms with van der Waals surface area (Å²) in [6.07, 6.45) is 3.85. The van der Waals surface area contributed by atoms with Crippen molar-refractivity contribution in [2.24, 2.45) is 5.92 Å². The molecule has 0 saturated heterocycles. The number of imidazole rings is 1. The minimum absolute atomic E-state index is 0.0824. The summed E-state index contributed by atoms with van der Waals surface area (Å²) in [5.41, 5.74) is -0.358. The second-order valence-corrected chi connectivity index (χ2v) is 6.50. The molecule has 1 N–H and O–H groups in total. The van der Waals surface area contributed by atoms with Crippen molar-refractivity contribution in [2.45, 2.75) is 39.7 Å². The lowest BCUT2D eigenvalue weighted by atomic mass is 9.88. The van der Waals surface area contributed by atoms with Crippen LogP contribution < -0.4 is 5.32 Å². The fourth-order valence-corrected chi connectivity index (χ4v) is 2.79. The number of nitrogens with one attached hydrogen (secondary N) is 1. The summed E-state index contributed by atoms with van der Waals surface area (Å²) in [6.45, 7) is 7.49. The molecule has 1 atom stereocenters. The third kappa shape index (κ3) is 3.30. The molecule has 2 rings (SSSR count). The van der Waals surface area contributed by atoms with Crippen LogP contribution in [0.5, 0.6) is 0 Å². The normalized spacial score (nSPS) is 14.0. The fraction of sp³-hybridized carbons (Fsp3) is 0.533. The maximum atomic E-state index is 12.3. The molecule has 0 radical (unpaired) electrons. The monoisotopic (exact) mass is 323 g/mol. The zero-order chi connectivity index (χ0) is 16.3. The van der Waals surface area contributed by atoms with Crippen molar-refractivity contribution in [3.05, 3.63) is 23.5 Å². The van der Waals surface area contributed by atoms with Crippen LogP contribution in [0.25, 0.3) is 4.96 Å². The molecule has 22 heavy (non-hydrogen) atoms. The van der Waals surface area contributed by atoms with Crippen molar-refractivity contribution in [3.63, 3.8) is 0 Å². The fourth-order valence-electron chi connectivity index (χ4n) is 2.07. The third-order valence-corrected chi connectivity index (χ3v) is 4.51. The molecular weight excluding hydrogens is 302 g/mol. The lowest BCUT2D eigenvalue weighted by Gasteiger charge is -2.32. The molecule has 6 nitrogen and oxygen atoms in total. The van der Waals surface area contributed by atoms with Gasteiger partial charge in [-0.15, -0.1) is 11.3 Å². The molecule has 2 aromatic rings. The van der Waals surface area contributed by atoms with Crippen molar-refractivity contribution in [1.29, 1.82) is 0 Å². The van der Waals surface area contributed by atoms with Gasteiger partial charge in [0.15, 0.2) is 4.96 Å². The Morgan fingerprint density at radius 3 is 2.82 bits per heavy atom. The molecule has 2 heterocycles. The first-order chi connectivity index (χ1) is 10.4. The molecular formula is C15H21N3O3S. The average Bonchev–Trinajstić information content (AvgIpc) is 2.99. The first kappa shape index (κ1) is 16.5. The van der Waals surface area contributed by atoms with Gasteiger partial charge in [0, 0.05) is 17.8 Å². The Balaban J connectivity index is 2.07. The van der Waals surface area contributed by atoms with Gasteiger partial charge in [-0.2, -0.15) is 0 Å². The van der Waals surface area contributed by atoms with E-state index in [1.165, 1.54) is 11.3 Å². The van der Waals surface area contributed by atoms with E-state index < -0.39 is 11.5 Å². The van der Waals surface area contributed by atoms with Gasteiger partial charge < -0.3 is 10.1 Å². The first-order valence-corrected chi connectivity index (χ1v) is 8.14. The lowest BCUT2D eigenvalue weighted by molar-refractivity contribution is -0.154. The second kappa shape index (κ2) is 6.48. The Morgan fingerprint density at radius 2 is 2.23 bits per heavy atom. The van der Waals surface area contributed by atoms with Gasteiger partial charge in [-0.1, -0.05) is 13.8 Å². The maximum Gasteiger partial charge on any atom is 0.331 e. The van der Waals surface area contributed by atoms with Gasteiger partial charge in [-0.05, 0) is 19.8 Å². The maximum absolute atomic E-state index is 12.3. The number of rotatable bonds is 6. The highest BCUT2D eigenvalue weighted by Crippen LogP contribution is 2.19. The van der Waals surface area contributed by atoms with E-state index in [1.54, 1.807) is 13.8 Å². The van der Waals surface area contributed by atoms with Gasteiger partial charge in [0.1, 0.15) is 5.54 Å². The minimum Gasteiger partial charge on any atom is -0.464 e.